The fourth-order valence-electron chi connectivity index (χ4n) is 3.28. The van der Waals surface area contributed by atoms with E-state index in [4.69, 9.17) is 28.9 Å². The Labute approximate surface area is 188 Å². The molecule has 0 spiro atoms. The van der Waals surface area contributed by atoms with Gasteiger partial charge in [0.05, 0.1) is 5.69 Å². The molecule has 1 N–H and O–H groups in total. The van der Waals surface area contributed by atoms with Crippen LogP contribution in [0.1, 0.15) is 5.69 Å². The van der Waals surface area contributed by atoms with E-state index in [0.717, 1.165) is 39.5 Å². The molecule has 0 fully saturated rings. The smallest absolute Gasteiger partial charge is 0.198 e. The Morgan fingerprint density at radius 1 is 1.06 bits per heavy atom. The number of pyridine rings is 2. The van der Waals surface area contributed by atoms with Crippen LogP contribution >= 0.6 is 23.8 Å². The molecule has 152 valence electrons. The van der Waals surface area contributed by atoms with E-state index >= 15 is 0 Å². The highest BCUT2D eigenvalue weighted by atomic mass is 35.5. The summed E-state index contributed by atoms with van der Waals surface area (Å²) in [5, 5.41) is 13.2. The van der Waals surface area contributed by atoms with Crippen LogP contribution in [0.2, 0.25) is 5.02 Å². The van der Waals surface area contributed by atoms with E-state index < -0.39 is 0 Å². The number of hydrogen-bond donors (Lipinski definition) is 1. The van der Waals surface area contributed by atoms with Gasteiger partial charge in [0, 0.05) is 39.9 Å². The molecule has 5 rings (SSSR count). The summed E-state index contributed by atoms with van der Waals surface area (Å²) in [6.07, 6.45) is 5.32. The first-order valence-electron chi connectivity index (χ1n) is 9.47. The van der Waals surface area contributed by atoms with E-state index in [-0.39, 0.29) is 0 Å². The molecule has 0 aliphatic heterocycles. The van der Waals surface area contributed by atoms with E-state index in [1.165, 1.54) is 6.33 Å². The maximum absolute atomic E-state index is 6.09. The first-order valence-corrected chi connectivity index (χ1v) is 10.3. The number of fused-ring (bicyclic) bond motifs is 1. The monoisotopic (exact) mass is 445 g/mol. The van der Waals surface area contributed by atoms with Crippen LogP contribution in [0.5, 0.6) is 0 Å². The number of nitrogens with one attached hydrogen (secondary N) is 1. The average molecular weight is 446 g/mol. The molecular formula is C22H16ClN7S. The van der Waals surface area contributed by atoms with Crippen molar-refractivity contribution < 1.29 is 0 Å². The number of anilines is 1. The predicted molar refractivity (Wildman–Crippen MR) is 125 cm³/mol. The molecule has 0 saturated carbocycles. The minimum absolute atomic E-state index is 0.421. The molecule has 4 heterocycles. The van der Waals surface area contributed by atoms with Crippen LogP contribution in [0.3, 0.4) is 0 Å². The third-order valence-corrected chi connectivity index (χ3v) is 5.24. The van der Waals surface area contributed by atoms with Crippen LogP contribution in [-0.4, -0.2) is 34.5 Å². The number of nitrogens with zero attached hydrogens (tertiary/aromatic N) is 6. The van der Waals surface area contributed by atoms with Crippen molar-refractivity contribution in [2.75, 3.05) is 5.32 Å². The van der Waals surface area contributed by atoms with Crippen LogP contribution in [0.4, 0.5) is 5.69 Å². The number of rotatable bonds is 3. The van der Waals surface area contributed by atoms with E-state index in [0.29, 0.717) is 10.1 Å². The summed E-state index contributed by atoms with van der Waals surface area (Å²) in [6, 6.07) is 17.1. The summed E-state index contributed by atoms with van der Waals surface area (Å²) in [5.41, 5.74) is 5.75. The Morgan fingerprint density at radius 2 is 1.94 bits per heavy atom. The van der Waals surface area contributed by atoms with Gasteiger partial charge < -0.3 is 5.32 Å². The SMILES string of the molecule is Cc1cccc(-c2nn(C(=S)Nc3cccc(Cl)c3)cc2-c2ccc3ncnn3c2)n1. The van der Waals surface area contributed by atoms with Gasteiger partial charge in [0.15, 0.2) is 10.8 Å². The molecule has 5 aromatic rings. The molecule has 0 amide bonds. The van der Waals surface area contributed by atoms with E-state index in [2.05, 4.69) is 20.4 Å². The maximum Gasteiger partial charge on any atom is 0.198 e. The quantitative estimate of drug-likeness (QED) is 0.400. The molecule has 0 bridgehead atoms. The van der Waals surface area contributed by atoms with Crippen LogP contribution in [0.15, 0.2) is 73.3 Å². The highest BCUT2D eigenvalue weighted by molar-refractivity contribution is 7.80. The average Bonchev–Trinajstić information content (AvgIpc) is 3.40. The van der Waals surface area contributed by atoms with Crippen LogP contribution < -0.4 is 5.32 Å². The van der Waals surface area contributed by atoms with Crippen LogP contribution in [-0.2, 0) is 0 Å². The molecule has 0 atom stereocenters. The zero-order valence-corrected chi connectivity index (χ0v) is 18.0. The molecule has 0 aliphatic carbocycles. The molecule has 0 aliphatic rings. The Hall–Kier alpha value is -3.62. The number of benzene rings is 1. The zero-order chi connectivity index (χ0) is 21.4. The highest BCUT2D eigenvalue weighted by Gasteiger charge is 2.17. The molecule has 0 unspecified atom stereocenters. The Morgan fingerprint density at radius 3 is 2.77 bits per heavy atom. The first kappa shape index (κ1) is 19.3. The summed E-state index contributed by atoms with van der Waals surface area (Å²) in [6.45, 7) is 1.95. The molecular weight excluding hydrogens is 430 g/mol. The molecule has 0 radical (unpaired) electrons. The topological polar surface area (TPSA) is 72.9 Å². The minimum atomic E-state index is 0.421. The van der Waals surface area contributed by atoms with Gasteiger partial charge >= 0.3 is 0 Å². The summed E-state index contributed by atoms with van der Waals surface area (Å²) >= 11 is 11.7. The normalized spacial score (nSPS) is 11.0. The third kappa shape index (κ3) is 3.90. The van der Waals surface area contributed by atoms with Gasteiger partial charge in [0.25, 0.3) is 0 Å². The van der Waals surface area contributed by atoms with Crippen molar-refractivity contribution in [3.63, 3.8) is 0 Å². The molecule has 31 heavy (non-hydrogen) atoms. The molecule has 7 nitrogen and oxygen atoms in total. The number of hydrogen-bond acceptors (Lipinski definition) is 5. The van der Waals surface area contributed by atoms with Crippen molar-refractivity contribution >= 4 is 40.3 Å². The lowest BCUT2D eigenvalue weighted by Crippen LogP contribution is -2.19. The second-order valence-corrected chi connectivity index (χ2v) is 7.74. The van der Waals surface area contributed by atoms with Gasteiger partial charge in [-0.3, -0.25) is 4.98 Å². The number of aryl methyl sites for hydroxylation is 1. The Balaban J connectivity index is 1.60. The number of thiocarbonyl (C=S) groups is 1. The van der Waals surface area contributed by atoms with Gasteiger partial charge in [-0.05, 0) is 61.6 Å². The van der Waals surface area contributed by atoms with Crippen molar-refractivity contribution in [2.24, 2.45) is 0 Å². The van der Waals surface area contributed by atoms with Crippen molar-refractivity contribution in [1.82, 2.24) is 29.4 Å². The molecule has 9 heteroatoms. The van der Waals surface area contributed by atoms with Crippen LogP contribution in [0.25, 0.3) is 28.2 Å². The minimum Gasteiger partial charge on any atom is -0.331 e. The highest BCUT2D eigenvalue weighted by Crippen LogP contribution is 2.30. The fraction of sp³-hybridized carbons (Fsp3) is 0.0455. The predicted octanol–water partition coefficient (Wildman–Crippen LogP) is 4.86. The van der Waals surface area contributed by atoms with Gasteiger partial charge in [-0.2, -0.15) is 10.2 Å². The van der Waals surface area contributed by atoms with E-state index in [9.17, 15) is 0 Å². The second-order valence-electron chi connectivity index (χ2n) is 6.92. The lowest BCUT2D eigenvalue weighted by Gasteiger charge is -2.07. The van der Waals surface area contributed by atoms with Crippen LogP contribution in [0, 0.1) is 6.92 Å². The van der Waals surface area contributed by atoms with Gasteiger partial charge in [-0.15, -0.1) is 0 Å². The van der Waals surface area contributed by atoms with Gasteiger partial charge in [0.2, 0.25) is 0 Å². The first-order chi connectivity index (χ1) is 15.1. The number of aromatic nitrogens is 6. The van der Waals surface area contributed by atoms with Crippen molar-refractivity contribution in [1.29, 1.82) is 0 Å². The maximum atomic E-state index is 6.09. The lowest BCUT2D eigenvalue weighted by molar-refractivity contribution is 0.947. The summed E-state index contributed by atoms with van der Waals surface area (Å²) in [4.78, 5) is 8.87. The van der Waals surface area contributed by atoms with Gasteiger partial charge in [-0.1, -0.05) is 23.7 Å². The molecule has 0 saturated heterocycles. The molecule has 4 aromatic heterocycles. The zero-order valence-electron chi connectivity index (χ0n) is 16.4. The Bertz CT molecular complexity index is 1420. The third-order valence-electron chi connectivity index (χ3n) is 4.71. The van der Waals surface area contributed by atoms with Gasteiger partial charge in [0.1, 0.15) is 12.0 Å². The standard InChI is InChI=1S/C22H16ClN7S/c1-14-4-2-7-19(26-14)21-18(15-8-9-20-24-13-25-29(20)11-15)12-30(28-21)22(31)27-17-6-3-5-16(23)10-17/h2-13H,1H3,(H,27,31). The van der Waals surface area contributed by atoms with Crippen molar-refractivity contribution in [2.45, 2.75) is 6.92 Å². The Kier molecular flexibility index (Phi) is 4.93. The summed E-state index contributed by atoms with van der Waals surface area (Å²) in [7, 11) is 0. The summed E-state index contributed by atoms with van der Waals surface area (Å²) < 4.78 is 3.36. The van der Waals surface area contributed by atoms with E-state index in [1.807, 2.05) is 67.8 Å². The largest absolute Gasteiger partial charge is 0.331 e. The van der Waals surface area contributed by atoms with E-state index in [1.54, 1.807) is 15.3 Å². The lowest BCUT2D eigenvalue weighted by atomic mass is 10.1. The second kappa shape index (κ2) is 7.90. The van der Waals surface area contributed by atoms with Crippen molar-refractivity contribution in [3.8, 4) is 22.5 Å². The molecule has 1 aromatic carbocycles. The van der Waals surface area contributed by atoms with Gasteiger partial charge in [-0.25, -0.2) is 14.2 Å². The fourth-order valence-corrected chi connectivity index (χ4v) is 3.68. The number of halogens is 1. The summed E-state index contributed by atoms with van der Waals surface area (Å²) in [5.74, 6) is 0. The van der Waals surface area contributed by atoms with Crippen molar-refractivity contribution in [3.05, 3.63) is 84.0 Å².